The first kappa shape index (κ1) is 14.6. The molecule has 0 saturated heterocycles. The average Bonchev–Trinajstić information content (AvgIpc) is 2.47. The summed E-state index contributed by atoms with van der Waals surface area (Å²) in [5.74, 6) is 0.0331. The Morgan fingerprint density at radius 1 is 1.10 bits per heavy atom. The second kappa shape index (κ2) is 7.09. The highest BCUT2D eigenvalue weighted by Gasteiger charge is 2.12. The van der Waals surface area contributed by atoms with Gasteiger partial charge in [0.15, 0.2) is 0 Å². The Labute approximate surface area is 121 Å². The summed E-state index contributed by atoms with van der Waals surface area (Å²) in [5, 5.41) is 5.24. The van der Waals surface area contributed by atoms with Crippen molar-refractivity contribution < 1.29 is 4.79 Å². The van der Waals surface area contributed by atoms with Crippen LogP contribution in [0.1, 0.15) is 49.9 Å². The number of fused-ring (bicyclic) bond motifs is 1. The number of hydrogen-bond donors (Lipinski definition) is 1. The van der Waals surface area contributed by atoms with E-state index >= 15 is 0 Å². The Bertz CT molecular complexity index is 571. The van der Waals surface area contributed by atoms with Gasteiger partial charge in [-0.05, 0) is 30.2 Å². The molecule has 1 amide bonds. The molecule has 0 aromatic heterocycles. The van der Waals surface area contributed by atoms with Gasteiger partial charge in [0.05, 0.1) is 0 Å². The molecule has 0 spiro atoms. The van der Waals surface area contributed by atoms with E-state index in [1.165, 1.54) is 19.3 Å². The van der Waals surface area contributed by atoms with Gasteiger partial charge in [-0.1, -0.05) is 62.6 Å². The van der Waals surface area contributed by atoms with E-state index in [4.69, 9.17) is 0 Å². The van der Waals surface area contributed by atoms with Crippen LogP contribution < -0.4 is 5.32 Å². The Morgan fingerprint density at radius 2 is 1.85 bits per heavy atom. The summed E-state index contributed by atoms with van der Waals surface area (Å²) in [5.41, 5.74) is 0.769. The molecule has 0 saturated carbocycles. The number of amides is 1. The lowest BCUT2D eigenvalue weighted by Gasteiger charge is -2.14. The summed E-state index contributed by atoms with van der Waals surface area (Å²) in [6.45, 7) is 4.28. The summed E-state index contributed by atoms with van der Waals surface area (Å²) in [7, 11) is 0. The lowest BCUT2D eigenvalue weighted by Crippen LogP contribution is -2.32. The highest BCUT2D eigenvalue weighted by molar-refractivity contribution is 6.07. The highest BCUT2D eigenvalue weighted by atomic mass is 16.1. The SMILES string of the molecule is CCCCC[C@H](C)NC(=O)c1cccc2ccccc12. The van der Waals surface area contributed by atoms with Gasteiger partial charge in [-0.25, -0.2) is 0 Å². The van der Waals surface area contributed by atoms with Crippen LogP contribution in [0.15, 0.2) is 42.5 Å². The zero-order chi connectivity index (χ0) is 14.4. The van der Waals surface area contributed by atoms with E-state index in [0.717, 1.165) is 22.8 Å². The first-order valence-electron chi connectivity index (χ1n) is 7.51. The van der Waals surface area contributed by atoms with Crippen molar-refractivity contribution in [2.24, 2.45) is 0 Å². The van der Waals surface area contributed by atoms with Crippen molar-refractivity contribution in [1.82, 2.24) is 5.32 Å². The van der Waals surface area contributed by atoms with Gasteiger partial charge in [-0.15, -0.1) is 0 Å². The lowest BCUT2D eigenvalue weighted by molar-refractivity contribution is 0.0939. The first-order chi connectivity index (χ1) is 9.72. The smallest absolute Gasteiger partial charge is 0.252 e. The number of unbranched alkanes of at least 4 members (excludes halogenated alkanes) is 2. The van der Waals surface area contributed by atoms with Crippen molar-refractivity contribution in [3.63, 3.8) is 0 Å². The molecule has 1 N–H and O–H groups in total. The minimum atomic E-state index is 0.0331. The maximum atomic E-state index is 12.4. The van der Waals surface area contributed by atoms with E-state index in [2.05, 4.69) is 19.2 Å². The van der Waals surface area contributed by atoms with Crippen LogP contribution >= 0.6 is 0 Å². The van der Waals surface area contributed by atoms with Crippen LogP contribution in [0, 0.1) is 0 Å². The van der Waals surface area contributed by atoms with Crippen molar-refractivity contribution in [2.45, 2.75) is 45.6 Å². The molecule has 0 aliphatic rings. The van der Waals surface area contributed by atoms with Crippen LogP contribution in [-0.2, 0) is 0 Å². The molecule has 0 aliphatic carbocycles. The van der Waals surface area contributed by atoms with Crippen LogP contribution in [0.5, 0.6) is 0 Å². The van der Waals surface area contributed by atoms with Crippen LogP contribution in [-0.4, -0.2) is 11.9 Å². The average molecular weight is 269 g/mol. The first-order valence-corrected chi connectivity index (χ1v) is 7.51. The Hall–Kier alpha value is -1.83. The van der Waals surface area contributed by atoms with Crippen LogP contribution in [0.4, 0.5) is 0 Å². The third-order valence-corrected chi connectivity index (χ3v) is 3.65. The second-order valence-electron chi connectivity index (χ2n) is 5.40. The third-order valence-electron chi connectivity index (χ3n) is 3.65. The maximum Gasteiger partial charge on any atom is 0.252 e. The zero-order valence-electron chi connectivity index (χ0n) is 12.4. The molecule has 1 atom stereocenters. The van der Waals surface area contributed by atoms with E-state index in [9.17, 15) is 4.79 Å². The van der Waals surface area contributed by atoms with Gasteiger partial charge in [0, 0.05) is 11.6 Å². The molecule has 2 aromatic carbocycles. The predicted molar refractivity (Wildman–Crippen MR) is 85.0 cm³/mol. The highest BCUT2D eigenvalue weighted by Crippen LogP contribution is 2.18. The van der Waals surface area contributed by atoms with Crippen molar-refractivity contribution in [3.8, 4) is 0 Å². The summed E-state index contributed by atoms with van der Waals surface area (Å²) >= 11 is 0. The molecule has 2 rings (SSSR count). The van der Waals surface area contributed by atoms with E-state index in [0.29, 0.717) is 0 Å². The number of benzene rings is 2. The third kappa shape index (κ3) is 3.60. The predicted octanol–water partition coefficient (Wildman–Crippen LogP) is 4.54. The number of carbonyl (C=O) groups is 1. The summed E-state index contributed by atoms with van der Waals surface area (Å²) in [4.78, 5) is 12.4. The fraction of sp³-hybridized carbons (Fsp3) is 0.389. The standard InChI is InChI=1S/C18H23NO/c1-3-4-5-9-14(2)19-18(20)17-13-8-11-15-10-6-7-12-16(15)17/h6-8,10-14H,3-5,9H2,1-2H3,(H,19,20)/t14-/m0/s1. The van der Waals surface area contributed by atoms with Gasteiger partial charge >= 0.3 is 0 Å². The van der Waals surface area contributed by atoms with Crippen molar-refractivity contribution in [3.05, 3.63) is 48.0 Å². The van der Waals surface area contributed by atoms with Crippen LogP contribution in [0.25, 0.3) is 10.8 Å². The van der Waals surface area contributed by atoms with Crippen LogP contribution in [0.3, 0.4) is 0 Å². The topological polar surface area (TPSA) is 29.1 Å². The van der Waals surface area contributed by atoms with E-state index in [-0.39, 0.29) is 11.9 Å². The Kier molecular flexibility index (Phi) is 5.16. The molecule has 0 bridgehead atoms. The largest absolute Gasteiger partial charge is 0.350 e. The molecular weight excluding hydrogens is 246 g/mol. The zero-order valence-corrected chi connectivity index (χ0v) is 12.4. The fourth-order valence-corrected chi connectivity index (χ4v) is 2.50. The quantitative estimate of drug-likeness (QED) is 0.766. The second-order valence-corrected chi connectivity index (χ2v) is 5.40. The van der Waals surface area contributed by atoms with Crippen molar-refractivity contribution in [1.29, 1.82) is 0 Å². The van der Waals surface area contributed by atoms with Gasteiger partial charge in [0.25, 0.3) is 5.91 Å². The molecular formula is C18H23NO. The number of carbonyl (C=O) groups excluding carboxylic acids is 1. The number of rotatable bonds is 6. The van der Waals surface area contributed by atoms with Crippen molar-refractivity contribution >= 4 is 16.7 Å². The molecule has 0 unspecified atom stereocenters. The molecule has 0 heterocycles. The van der Waals surface area contributed by atoms with E-state index in [1.54, 1.807) is 0 Å². The Balaban J connectivity index is 2.08. The summed E-state index contributed by atoms with van der Waals surface area (Å²) in [6, 6.07) is 14.1. The fourth-order valence-electron chi connectivity index (χ4n) is 2.50. The van der Waals surface area contributed by atoms with Gasteiger partial charge in [0.2, 0.25) is 0 Å². The number of nitrogens with one attached hydrogen (secondary N) is 1. The van der Waals surface area contributed by atoms with Gasteiger partial charge < -0.3 is 5.32 Å². The summed E-state index contributed by atoms with van der Waals surface area (Å²) < 4.78 is 0. The molecule has 106 valence electrons. The molecule has 2 nitrogen and oxygen atoms in total. The molecule has 0 aliphatic heterocycles. The monoisotopic (exact) mass is 269 g/mol. The van der Waals surface area contributed by atoms with E-state index < -0.39 is 0 Å². The normalized spacial score (nSPS) is 12.3. The minimum Gasteiger partial charge on any atom is -0.350 e. The maximum absolute atomic E-state index is 12.4. The molecule has 2 heteroatoms. The van der Waals surface area contributed by atoms with Gasteiger partial charge in [-0.3, -0.25) is 4.79 Å². The van der Waals surface area contributed by atoms with Gasteiger partial charge in [0.1, 0.15) is 0 Å². The molecule has 2 aromatic rings. The minimum absolute atomic E-state index is 0.0331. The van der Waals surface area contributed by atoms with E-state index in [1.807, 2.05) is 42.5 Å². The molecule has 0 fully saturated rings. The Morgan fingerprint density at radius 3 is 2.65 bits per heavy atom. The molecule has 0 radical (unpaired) electrons. The number of hydrogen-bond acceptors (Lipinski definition) is 1. The molecule has 20 heavy (non-hydrogen) atoms. The summed E-state index contributed by atoms with van der Waals surface area (Å²) in [6.07, 6.45) is 4.66. The van der Waals surface area contributed by atoms with Gasteiger partial charge in [-0.2, -0.15) is 0 Å². The van der Waals surface area contributed by atoms with Crippen molar-refractivity contribution in [2.75, 3.05) is 0 Å². The van der Waals surface area contributed by atoms with Crippen LogP contribution in [0.2, 0.25) is 0 Å². The lowest BCUT2D eigenvalue weighted by atomic mass is 10.0.